The van der Waals surface area contributed by atoms with E-state index in [1.165, 1.54) is 25.2 Å². The van der Waals surface area contributed by atoms with Crippen LogP contribution in [-0.2, 0) is 0 Å². The summed E-state index contributed by atoms with van der Waals surface area (Å²) in [5.41, 5.74) is 3.70. The minimum Gasteiger partial charge on any atom is -0.423 e. The number of rotatable bonds is 2. The van der Waals surface area contributed by atoms with Gasteiger partial charge in [0, 0.05) is 7.05 Å². The number of benzene rings is 2. The van der Waals surface area contributed by atoms with Gasteiger partial charge in [0.25, 0.3) is 11.8 Å². The smallest absolute Gasteiger partial charge is 0.343 e. The molecule has 0 spiro atoms. The number of amides is 2. The lowest BCUT2D eigenvalue weighted by atomic mass is 10.0. The predicted molar refractivity (Wildman–Crippen MR) is 88.5 cm³/mol. The summed E-state index contributed by atoms with van der Waals surface area (Å²) in [6, 6.07) is 8.23. The molecule has 0 saturated heterocycles. The summed E-state index contributed by atoms with van der Waals surface area (Å²) in [5.74, 6) is -0.828. The quantitative estimate of drug-likeness (QED) is 0.484. The molecular weight excluding hydrogens is 306 g/mol. The van der Waals surface area contributed by atoms with Crippen molar-refractivity contribution in [2.45, 2.75) is 20.8 Å². The zero-order valence-electron chi connectivity index (χ0n) is 14.0. The molecular formula is C19H17NO4. The van der Waals surface area contributed by atoms with E-state index in [0.29, 0.717) is 11.3 Å². The van der Waals surface area contributed by atoms with E-state index >= 15 is 0 Å². The van der Waals surface area contributed by atoms with Crippen molar-refractivity contribution in [2.75, 3.05) is 7.05 Å². The van der Waals surface area contributed by atoms with Crippen LogP contribution in [0.5, 0.6) is 5.75 Å². The lowest BCUT2D eigenvalue weighted by Gasteiger charge is -2.11. The van der Waals surface area contributed by atoms with Crippen molar-refractivity contribution in [1.82, 2.24) is 4.90 Å². The predicted octanol–water partition coefficient (Wildman–Crippen LogP) is 3.06. The van der Waals surface area contributed by atoms with Gasteiger partial charge in [-0.05, 0) is 61.7 Å². The van der Waals surface area contributed by atoms with Crippen molar-refractivity contribution in [1.29, 1.82) is 0 Å². The third kappa shape index (κ3) is 2.48. The van der Waals surface area contributed by atoms with Gasteiger partial charge in [0.1, 0.15) is 5.75 Å². The summed E-state index contributed by atoms with van der Waals surface area (Å²) in [5, 5.41) is 0. The summed E-state index contributed by atoms with van der Waals surface area (Å²) in [6.07, 6.45) is 0. The lowest BCUT2D eigenvalue weighted by molar-refractivity contribution is 0.0691. The number of fused-ring (bicyclic) bond motifs is 1. The molecule has 1 aliphatic rings. The Bertz CT molecular complexity index is 898. The number of hydrogen-bond donors (Lipinski definition) is 0. The highest BCUT2D eigenvalue weighted by Crippen LogP contribution is 2.26. The van der Waals surface area contributed by atoms with E-state index in [2.05, 4.69) is 0 Å². The van der Waals surface area contributed by atoms with Gasteiger partial charge in [0.05, 0.1) is 16.7 Å². The molecule has 0 N–H and O–H groups in total. The van der Waals surface area contributed by atoms with Crippen molar-refractivity contribution < 1.29 is 19.1 Å². The van der Waals surface area contributed by atoms with Crippen LogP contribution in [0.3, 0.4) is 0 Å². The van der Waals surface area contributed by atoms with E-state index in [4.69, 9.17) is 4.74 Å². The Morgan fingerprint density at radius 2 is 1.62 bits per heavy atom. The summed E-state index contributed by atoms with van der Waals surface area (Å²) >= 11 is 0. The summed E-state index contributed by atoms with van der Waals surface area (Å²) in [6.45, 7) is 5.77. The zero-order chi connectivity index (χ0) is 17.6. The van der Waals surface area contributed by atoms with Gasteiger partial charge < -0.3 is 4.74 Å². The number of nitrogens with zero attached hydrogens (tertiary/aromatic N) is 1. The van der Waals surface area contributed by atoms with Crippen LogP contribution >= 0.6 is 0 Å². The number of carbonyl (C=O) groups excluding carboxylic acids is 3. The molecule has 0 unspecified atom stereocenters. The molecule has 2 amide bonds. The largest absolute Gasteiger partial charge is 0.423 e. The molecule has 5 nitrogen and oxygen atoms in total. The Hall–Kier alpha value is -2.95. The highest BCUT2D eigenvalue weighted by molar-refractivity contribution is 6.21. The third-order valence-electron chi connectivity index (χ3n) is 4.29. The Labute approximate surface area is 139 Å². The second-order valence-electron chi connectivity index (χ2n) is 6.02. The molecule has 24 heavy (non-hydrogen) atoms. The van der Waals surface area contributed by atoms with Crippen LogP contribution in [0.2, 0.25) is 0 Å². The van der Waals surface area contributed by atoms with Crippen LogP contribution in [0, 0.1) is 20.8 Å². The maximum absolute atomic E-state index is 12.4. The standard InChI is InChI=1S/C19H17NO4/c1-10-7-11(2)12(3)16(8-10)24-19(23)13-5-6-14-15(9-13)18(22)20(4)17(14)21/h5-9H,1-4H3. The van der Waals surface area contributed by atoms with Crippen LogP contribution in [0.15, 0.2) is 30.3 Å². The fourth-order valence-corrected chi connectivity index (χ4v) is 2.75. The summed E-state index contributed by atoms with van der Waals surface area (Å²) in [7, 11) is 1.42. The van der Waals surface area contributed by atoms with E-state index in [1.54, 1.807) is 6.07 Å². The van der Waals surface area contributed by atoms with Gasteiger partial charge in [0.15, 0.2) is 0 Å². The van der Waals surface area contributed by atoms with Gasteiger partial charge in [0.2, 0.25) is 0 Å². The lowest BCUT2D eigenvalue weighted by Crippen LogP contribution is -2.24. The van der Waals surface area contributed by atoms with Crippen molar-refractivity contribution in [3.63, 3.8) is 0 Å². The van der Waals surface area contributed by atoms with Crippen molar-refractivity contribution >= 4 is 17.8 Å². The average molecular weight is 323 g/mol. The second kappa shape index (κ2) is 5.60. The molecule has 0 aromatic heterocycles. The van der Waals surface area contributed by atoms with E-state index < -0.39 is 11.9 Å². The van der Waals surface area contributed by atoms with Gasteiger partial charge in [-0.15, -0.1) is 0 Å². The topological polar surface area (TPSA) is 63.7 Å². The molecule has 1 aliphatic heterocycles. The number of imide groups is 1. The molecule has 5 heteroatoms. The first-order valence-electron chi connectivity index (χ1n) is 7.56. The van der Waals surface area contributed by atoms with E-state index in [-0.39, 0.29) is 17.0 Å². The van der Waals surface area contributed by atoms with Gasteiger partial charge in [-0.25, -0.2) is 4.79 Å². The minimum atomic E-state index is -0.555. The van der Waals surface area contributed by atoms with Crippen molar-refractivity contribution in [3.05, 3.63) is 63.7 Å². The van der Waals surface area contributed by atoms with E-state index in [1.807, 2.05) is 26.8 Å². The van der Waals surface area contributed by atoms with E-state index in [9.17, 15) is 14.4 Å². The third-order valence-corrected chi connectivity index (χ3v) is 4.29. The molecule has 122 valence electrons. The van der Waals surface area contributed by atoms with Crippen LogP contribution < -0.4 is 4.74 Å². The van der Waals surface area contributed by atoms with Crippen LogP contribution in [0.4, 0.5) is 0 Å². The number of carbonyl (C=O) groups is 3. The molecule has 0 atom stereocenters. The van der Waals surface area contributed by atoms with E-state index in [0.717, 1.165) is 21.6 Å². The fourth-order valence-electron chi connectivity index (χ4n) is 2.75. The maximum atomic E-state index is 12.4. The Kier molecular flexibility index (Phi) is 3.72. The molecule has 1 heterocycles. The van der Waals surface area contributed by atoms with Crippen molar-refractivity contribution in [3.8, 4) is 5.75 Å². The SMILES string of the molecule is Cc1cc(C)c(C)c(OC(=O)c2ccc3c(c2)C(=O)N(C)C3=O)c1. The molecule has 0 radical (unpaired) electrons. The summed E-state index contributed by atoms with van der Waals surface area (Å²) in [4.78, 5) is 37.4. The molecule has 3 rings (SSSR count). The Morgan fingerprint density at radius 3 is 2.33 bits per heavy atom. The maximum Gasteiger partial charge on any atom is 0.343 e. The van der Waals surface area contributed by atoms with Crippen LogP contribution in [-0.4, -0.2) is 29.7 Å². The molecule has 0 saturated carbocycles. The highest BCUT2D eigenvalue weighted by atomic mass is 16.5. The van der Waals surface area contributed by atoms with Crippen LogP contribution in [0.25, 0.3) is 0 Å². The Balaban J connectivity index is 1.93. The summed E-state index contributed by atoms with van der Waals surface area (Å²) < 4.78 is 5.49. The minimum absolute atomic E-state index is 0.231. The molecule has 0 bridgehead atoms. The average Bonchev–Trinajstić information content (AvgIpc) is 2.76. The first kappa shape index (κ1) is 15.9. The van der Waals surface area contributed by atoms with Gasteiger partial charge in [-0.3, -0.25) is 14.5 Å². The normalized spacial score (nSPS) is 13.2. The second-order valence-corrected chi connectivity index (χ2v) is 6.02. The molecule has 2 aromatic carbocycles. The number of hydrogen-bond acceptors (Lipinski definition) is 4. The molecule has 0 fully saturated rings. The number of ether oxygens (including phenoxy) is 1. The van der Waals surface area contributed by atoms with Gasteiger partial charge >= 0.3 is 5.97 Å². The highest BCUT2D eigenvalue weighted by Gasteiger charge is 2.33. The van der Waals surface area contributed by atoms with Gasteiger partial charge in [-0.1, -0.05) is 6.07 Å². The molecule has 2 aromatic rings. The number of aryl methyl sites for hydroxylation is 2. The monoisotopic (exact) mass is 323 g/mol. The molecule has 0 aliphatic carbocycles. The first-order valence-corrected chi connectivity index (χ1v) is 7.56. The van der Waals surface area contributed by atoms with Gasteiger partial charge in [-0.2, -0.15) is 0 Å². The number of esters is 1. The Morgan fingerprint density at radius 1 is 0.958 bits per heavy atom. The zero-order valence-corrected chi connectivity index (χ0v) is 14.0. The first-order chi connectivity index (χ1) is 11.3. The fraction of sp³-hybridized carbons (Fsp3) is 0.211. The van der Waals surface area contributed by atoms with Crippen LogP contribution in [0.1, 0.15) is 47.8 Å². The van der Waals surface area contributed by atoms with Crippen molar-refractivity contribution in [2.24, 2.45) is 0 Å².